The van der Waals surface area contributed by atoms with E-state index in [0.717, 1.165) is 42.4 Å². The number of nitrogens with zero attached hydrogens (tertiary/aromatic N) is 4. The van der Waals surface area contributed by atoms with Gasteiger partial charge in [0.05, 0.1) is 0 Å². The predicted molar refractivity (Wildman–Crippen MR) is 123 cm³/mol. The second-order valence-corrected chi connectivity index (χ2v) is 8.46. The van der Waals surface area contributed by atoms with E-state index >= 15 is 0 Å². The lowest BCUT2D eigenvalue weighted by Crippen LogP contribution is -2.52. The summed E-state index contributed by atoms with van der Waals surface area (Å²) in [4.78, 5) is 42.9. The fourth-order valence-electron chi connectivity index (χ4n) is 4.22. The lowest BCUT2D eigenvalue weighted by molar-refractivity contribution is -0.133. The molecule has 7 nitrogen and oxygen atoms in total. The first-order valence-electron chi connectivity index (χ1n) is 10.6. The van der Waals surface area contributed by atoms with Gasteiger partial charge in [-0.3, -0.25) is 24.2 Å². The zero-order valence-electron chi connectivity index (χ0n) is 17.8. The van der Waals surface area contributed by atoms with Crippen molar-refractivity contribution in [3.05, 3.63) is 41.6 Å². The van der Waals surface area contributed by atoms with E-state index in [1.165, 1.54) is 22.6 Å². The highest BCUT2D eigenvalue weighted by molar-refractivity contribution is 7.80. The van der Waals surface area contributed by atoms with Crippen LogP contribution in [0.25, 0.3) is 17.0 Å². The van der Waals surface area contributed by atoms with Crippen molar-refractivity contribution < 1.29 is 14.4 Å². The average Bonchev–Trinajstić information content (AvgIpc) is 2.94. The summed E-state index contributed by atoms with van der Waals surface area (Å²) in [6.07, 6.45) is 7.88. The van der Waals surface area contributed by atoms with Crippen LogP contribution in [0, 0.1) is 0 Å². The number of carbonyl (C=O) groups excluding carboxylic acids is 3. The Balaban J connectivity index is 1.69. The van der Waals surface area contributed by atoms with Gasteiger partial charge in [0.15, 0.2) is 5.11 Å². The number of carbonyl (C=O) groups is 3. The number of likely N-dealkylation sites (tertiary alicyclic amines) is 1. The van der Waals surface area contributed by atoms with Gasteiger partial charge in [0.25, 0.3) is 11.8 Å². The van der Waals surface area contributed by atoms with Crippen molar-refractivity contribution >= 4 is 52.0 Å². The molecule has 0 aliphatic carbocycles. The van der Waals surface area contributed by atoms with Gasteiger partial charge in [-0.2, -0.15) is 0 Å². The molecule has 0 unspecified atom stereocenters. The Labute approximate surface area is 186 Å². The summed E-state index contributed by atoms with van der Waals surface area (Å²) in [6.45, 7) is 1.84. The van der Waals surface area contributed by atoms with Crippen LogP contribution in [0.5, 0.6) is 0 Å². The molecule has 4 rings (SSSR count). The Bertz CT molecular complexity index is 1070. The Kier molecular flexibility index (Phi) is 5.91. The van der Waals surface area contributed by atoms with E-state index in [9.17, 15) is 14.4 Å². The lowest BCUT2D eigenvalue weighted by Gasteiger charge is -2.31. The van der Waals surface area contributed by atoms with Gasteiger partial charge in [-0.05, 0) is 37.2 Å². The minimum absolute atomic E-state index is 0.0559. The average molecular weight is 439 g/mol. The van der Waals surface area contributed by atoms with Crippen LogP contribution in [-0.4, -0.2) is 69.3 Å². The smallest absolute Gasteiger partial charge is 0.265 e. The molecule has 1 aromatic heterocycles. The quantitative estimate of drug-likeness (QED) is 0.420. The highest BCUT2D eigenvalue weighted by Crippen LogP contribution is 2.26. The maximum absolute atomic E-state index is 12.9. The number of amides is 3. The van der Waals surface area contributed by atoms with Gasteiger partial charge in [0.2, 0.25) is 5.91 Å². The topological polar surface area (TPSA) is 65.9 Å². The Morgan fingerprint density at radius 3 is 2.26 bits per heavy atom. The largest absolute Gasteiger partial charge is 0.341 e. The summed E-state index contributed by atoms with van der Waals surface area (Å²) in [6, 6.07) is 7.71. The van der Waals surface area contributed by atoms with Crippen molar-refractivity contribution in [2.75, 3.05) is 27.2 Å². The second kappa shape index (κ2) is 8.63. The van der Waals surface area contributed by atoms with Gasteiger partial charge in [-0.15, -0.1) is 0 Å². The Morgan fingerprint density at radius 1 is 1.00 bits per heavy atom. The van der Waals surface area contributed by atoms with Crippen LogP contribution in [0.2, 0.25) is 0 Å². The number of thiocarbonyl (C=S) groups is 1. The molecule has 3 amide bonds. The van der Waals surface area contributed by atoms with Crippen molar-refractivity contribution in [2.24, 2.45) is 0 Å². The van der Waals surface area contributed by atoms with Crippen LogP contribution >= 0.6 is 12.2 Å². The standard InChI is InChI=1S/C23H26N4O3S/c1-24-21(29)18(22(30)25(2)23(24)31)13-16-14-27(19-10-6-5-9-17(16)19)15-20(28)26-11-7-3-4-8-12-26/h5-6,9-10,13-14H,3-4,7-8,11-12,15H2,1-2H3. The van der Waals surface area contributed by atoms with Crippen LogP contribution in [0.3, 0.4) is 0 Å². The minimum atomic E-state index is -0.425. The molecule has 3 heterocycles. The lowest BCUT2D eigenvalue weighted by atomic mass is 10.1. The number of aromatic nitrogens is 1. The van der Waals surface area contributed by atoms with Crippen LogP contribution in [0.15, 0.2) is 36.0 Å². The van der Waals surface area contributed by atoms with Gasteiger partial charge in [0, 0.05) is 49.8 Å². The molecule has 162 valence electrons. The second-order valence-electron chi connectivity index (χ2n) is 8.09. The summed E-state index contributed by atoms with van der Waals surface area (Å²) in [5, 5.41) is 1.07. The van der Waals surface area contributed by atoms with Crippen LogP contribution in [0.1, 0.15) is 31.2 Å². The Morgan fingerprint density at radius 2 is 1.61 bits per heavy atom. The third-order valence-corrected chi connectivity index (χ3v) is 6.58. The van der Waals surface area contributed by atoms with Gasteiger partial charge in [0.1, 0.15) is 12.1 Å². The van der Waals surface area contributed by atoms with Crippen molar-refractivity contribution in [3.63, 3.8) is 0 Å². The monoisotopic (exact) mass is 438 g/mol. The Hall–Kier alpha value is -3.00. The molecule has 0 atom stereocenters. The summed E-state index contributed by atoms with van der Waals surface area (Å²) in [5.74, 6) is -0.757. The maximum Gasteiger partial charge on any atom is 0.265 e. The summed E-state index contributed by atoms with van der Waals surface area (Å²) in [7, 11) is 3.12. The molecule has 0 radical (unpaired) electrons. The zero-order valence-corrected chi connectivity index (χ0v) is 18.7. The third-order valence-electron chi connectivity index (χ3n) is 6.03. The summed E-state index contributed by atoms with van der Waals surface area (Å²) >= 11 is 5.16. The predicted octanol–water partition coefficient (Wildman–Crippen LogP) is 2.64. The van der Waals surface area contributed by atoms with E-state index in [0.29, 0.717) is 0 Å². The zero-order chi connectivity index (χ0) is 22.1. The van der Waals surface area contributed by atoms with Gasteiger partial charge >= 0.3 is 0 Å². The molecule has 0 spiro atoms. The molecule has 2 aliphatic rings. The number of hydrogen-bond donors (Lipinski definition) is 0. The number of benzene rings is 1. The van der Waals surface area contributed by atoms with Crippen molar-refractivity contribution in [2.45, 2.75) is 32.2 Å². The molecule has 31 heavy (non-hydrogen) atoms. The molecule has 0 saturated carbocycles. The molecule has 8 heteroatoms. The summed E-state index contributed by atoms with van der Waals surface area (Å²) in [5.41, 5.74) is 1.68. The number of para-hydroxylation sites is 1. The third kappa shape index (κ3) is 3.99. The van der Waals surface area contributed by atoms with E-state index in [-0.39, 0.29) is 23.1 Å². The van der Waals surface area contributed by atoms with Crippen molar-refractivity contribution in [1.82, 2.24) is 19.3 Å². The van der Waals surface area contributed by atoms with Gasteiger partial charge in [-0.25, -0.2) is 0 Å². The van der Waals surface area contributed by atoms with Crippen LogP contribution < -0.4 is 0 Å². The number of fused-ring (bicyclic) bond motifs is 1. The van der Waals surface area contributed by atoms with E-state index in [4.69, 9.17) is 12.2 Å². The van der Waals surface area contributed by atoms with E-state index in [2.05, 4.69) is 0 Å². The molecule has 0 N–H and O–H groups in total. The van der Waals surface area contributed by atoms with E-state index in [1.54, 1.807) is 20.2 Å². The highest BCUT2D eigenvalue weighted by Gasteiger charge is 2.35. The first kappa shape index (κ1) is 21.2. The molecule has 2 aromatic rings. The summed E-state index contributed by atoms with van der Waals surface area (Å²) < 4.78 is 1.91. The van der Waals surface area contributed by atoms with E-state index < -0.39 is 11.8 Å². The highest BCUT2D eigenvalue weighted by atomic mass is 32.1. The minimum Gasteiger partial charge on any atom is -0.341 e. The van der Waals surface area contributed by atoms with Gasteiger partial charge in [-0.1, -0.05) is 31.0 Å². The van der Waals surface area contributed by atoms with Crippen LogP contribution in [-0.2, 0) is 20.9 Å². The first-order valence-corrected chi connectivity index (χ1v) is 11.0. The number of likely N-dealkylation sites (N-methyl/N-ethyl adjacent to an activating group) is 2. The van der Waals surface area contributed by atoms with Gasteiger partial charge < -0.3 is 9.47 Å². The maximum atomic E-state index is 12.9. The number of rotatable bonds is 3. The van der Waals surface area contributed by atoms with E-state index in [1.807, 2.05) is 39.9 Å². The fraction of sp³-hybridized carbons (Fsp3) is 0.391. The molecular weight excluding hydrogens is 412 g/mol. The van der Waals surface area contributed by atoms with Crippen molar-refractivity contribution in [3.8, 4) is 0 Å². The fourth-order valence-corrected chi connectivity index (χ4v) is 4.38. The SMILES string of the molecule is CN1C(=O)C(=Cc2cn(CC(=O)N3CCCCCC3)c3ccccc23)C(=O)N(C)C1=S. The molecule has 2 aliphatic heterocycles. The molecule has 1 aromatic carbocycles. The van der Waals surface area contributed by atoms with Crippen molar-refractivity contribution in [1.29, 1.82) is 0 Å². The molecular formula is C23H26N4O3S. The molecule has 0 bridgehead atoms. The number of hydrogen-bond acceptors (Lipinski definition) is 4. The first-order chi connectivity index (χ1) is 14.9. The molecule has 2 saturated heterocycles. The van der Waals surface area contributed by atoms with Crippen LogP contribution in [0.4, 0.5) is 0 Å². The molecule has 2 fully saturated rings. The normalized spacial score (nSPS) is 18.1.